The molecule has 2 heterocycles. The summed E-state index contributed by atoms with van der Waals surface area (Å²) in [6, 6.07) is 11.9. The Bertz CT molecular complexity index is 614. The van der Waals surface area contributed by atoms with Gasteiger partial charge in [-0.2, -0.15) is 0 Å². The van der Waals surface area contributed by atoms with Gasteiger partial charge in [0.25, 0.3) is 0 Å². The van der Waals surface area contributed by atoms with E-state index in [9.17, 15) is 5.11 Å². The van der Waals surface area contributed by atoms with Crippen LogP contribution in [0, 0.1) is 0 Å². The predicted octanol–water partition coefficient (Wildman–Crippen LogP) is 2.83. The molecular weight excluding hydrogens is 266 g/mol. The maximum Gasteiger partial charge on any atom is 0.218 e. The average Bonchev–Trinajstić information content (AvgIpc) is 2.55. The number of aliphatic hydroxyl groups is 1. The highest BCUT2D eigenvalue weighted by Gasteiger charge is 2.25. The van der Waals surface area contributed by atoms with Crippen LogP contribution in [0.15, 0.2) is 42.6 Å². The molecule has 1 N–H and O–H groups in total. The Kier molecular flexibility index (Phi) is 4.18. The van der Waals surface area contributed by atoms with E-state index in [-0.39, 0.29) is 6.10 Å². The van der Waals surface area contributed by atoms with Crippen LogP contribution in [0.2, 0.25) is 0 Å². The highest BCUT2D eigenvalue weighted by atomic mass is 16.5. The number of hydrogen-bond donors (Lipinski definition) is 1. The molecule has 0 saturated heterocycles. The average molecular weight is 285 g/mol. The molecule has 1 aromatic heterocycles. The lowest BCUT2D eigenvalue weighted by molar-refractivity contribution is 0.00319. The van der Waals surface area contributed by atoms with E-state index in [2.05, 4.69) is 17.1 Å². The minimum Gasteiger partial charge on any atom is -0.481 e. The SMILES string of the molecule is COc1ncccc1C(O)CC1OCCc2ccccc21. The third-order valence-electron chi connectivity index (χ3n) is 3.88. The Morgan fingerprint density at radius 2 is 2.19 bits per heavy atom. The first-order valence-corrected chi connectivity index (χ1v) is 7.16. The van der Waals surface area contributed by atoms with Crippen molar-refractivity contribution >= 4 is 0 Å². The van der Waals surface area contributed by atoms with Gasteiger partial charge in [0.1, 0.15) is 0 Å². The fraction of sp³-hybridized carbons (Fsp3) is 0.353. The fourth-order valence-corrected chi connectivity index (χ4v) is 2.83. The molecule has 2 atom stereocenters. The first-order valence-electron chi connectivity index (χ1n) is 7.16. The minimum absolute atomic E-state index is 0.0881. The zero-order valence-corrected chi connectivity index (χ0v) is 12.0. The van der Waals surface area contributed by atoms with Crippen molar-refractivity contribution in [2.24, 2.45) is 0 Å². The van der Waals surface area contributed by atoms with Gasteiger partial charge in [-0.15, -0.1) is 0 Å². The molecule has 4 heteroatoms. The van der Waals surface area contributed by atoms with Gasteiger partial charge >= 0.3 is 0 Å². The number of benzene rings is 1. The summed E-state index contributed by atoms with van der Waals surface area (Å²) < 4.78 is 11.1. The smallest absolute Gasteiger partial charge is 0.218 e. The molecule has 1 aliphatic heterocycles. The molecule has 4 nitrogen and oxygen atoms in total. The van der Waals surface area contributed by atoms with E-state index in [0.29, 0.717) is 24.5 Å². The molecule has 0 fully saturated rings. The molecule has 0 aliphatic carbocycles. The number of aromatic nitrogens is 1. The van der Waals surface area contributed by atoms with E-state index in [1.807, 2.05) is 18.2 Å². The van der Waals surface area contributed by atoms with Crippen molar-refractivity contribution in [2.45, 2.75) is 25.0 Å². The van der Waals surface area contributed by atoms with E-state index in [0.717, 1.165) is 6.42 Å². The van der Waals surface area contributed by atoms with Gasteiger partial charge < -0.3 is 14.6 Å². The summed E-state index contributed by atoms with van der Waals surface area (Å²) in [5, 5.41) is 10.5. The van der Waals surface area contributed by atoms with E-state index >= 15 is 0 Å². The summed E-state index contributed by atoms with van der Waals surface area (Å²) in [5.74, 6) is 0.467. The molecule has 21 heavy (non-hydrogen) atoms. The second-order valence-corrected chi connectivity index (χ2v) is 5.16. The van der Waals surface area contributed by atoms with Crippen molar-refractivity contribution in [2.75, 3.05) is 13.7 Å². The van der Waals surface area contributed by atoms with Crippen LogP contribution in [-0.2, 0) is 11.2 Å². The monoisotopic (exact) mass is 285 g/mol. The first-order chi connectivity index (χ1) is 10.3. The van der Waals surface area contributed by atoms with Gasteiger partial charge in [0, 0.05) is 18.2 Å². The van der Waals surface area contributed by atoms with Crippen molar-refractivity contribution in [3.05, 3.63) is 59.3 Å². The maximum atomic E-state index is 10.5. The Labute approximate surface area is 124 Å². The van der Waals surface area contributed by atoms with Crippen molar-refractivity contribution < 1.29 is 14.6 Å². The zero-order valence-electron chi connectivity index (χ0n) is 12.0. The normalized spacial score (nSPS) is 18.9. The van der Waals surface area contributed by atoms with Crippen LogP contribution < -0.4 is 4.74 Å². The van der Waals surface area contributed by atoms with Crippen LogP contribution in [0.1, 0.15) is 35.3 Å². The minimum atomic E-state index is -0.662. The molecule has 0 spiro atoms. The van der Waals surface area contributed by atoms with Gasteiger partial charge in [0.2, 0.25) is 5.88 Å². The van der Waals surface area contributed by atoms with Gasteiger partial charge in [0.15, 0.2) is 0 Å². The van der Waals surface area contributed by atoms with Crippen molar-refractivity contribution in [1.29, 1.82) is 0 Å². The lowest BCUT2D eigenvalue weighted by Gasteiger charge is -2.28. The molecule has 1 aliphatic rings. The summed E-state index contributed by atoms with van der Waals surface area (Å²) >= 11 is 0. The number of rotatable bonds is 4. The summed E-state index contributed by atoms with van der Waals surface area (Å²) in [7, 11) is 1.56. The predicted molar refractivity (Wildman–Crippen MR) is 79.2 cm³/mol. The number of fused-ring (bicyclic) bond motifs is 1. The van der Waals surface area contributed by atoms with Gasteiger partial charge in [0.05, 0.1) is 25.9 Å². The number of hydrogen-bond acceptors (Lipinski definition) is 4. The quantitative estimate of drug-likeness (QED) is 0.938. The van der Waals surface area contributed by atoms with Crippen LogP contribution in [0.25, 0.3) is 0 Å². The van der Waals surface area contributed by atoms with E-state index in [4.69, 9.17) is 9.47 Å². The largest absolute Gasteiger partial charge is 0.481 e. The molecule has 3 rings (SSSR count). The highest BCUT2D eigenvalue weighted by Crippen LogP contribution is 2.35. The van der Waals surface area contributed by atoms with E-state index in [1.165, 1.54) is 11.1 Å². The first kappa shape index (κ1) is 14.0. The summed E-state index contributed by atoms with van der Waals surface area (Å²) in [4.78, 5) is 4.13. The second kappa shape index (κ2) is 6.24. The van der Waals surface area contributed by atoms with Gasteiger partial charge in [-0.1, -0.05) is 24.3 Å². The van der Waals surface area contributed by atoms with Gasteiger partial charge in [-0.05, 0) is 29.7 Å². The topological polar surface area (TPSA) is 51.6 Å². The Morgan fingerprint density at radius 3 is 3.05 bits per heavy atom. The molecule has 0 amide bonds. The van der Waals surface area contributed by atoms with Crippen LogP contribution in [0.3, 0.4) is 0 Å². The number of ether oxygens (including phenoxy) is 2. The van der Waals surface area contributed by atoms with Crippen LogP contribution in [-0.4, -0.2) is 23.8 Å². The molecule has 2 aromatic rings. The maximum absolute atomic E-state index is 10.5. The Morgan fingerprint density at radius 1 is 1.33 bits per heavy atom. The standard InChI is InChI=1S/C17H19NO3/c1-20-17-14(7-4-9-18-17)15(19)11-16-13-6-3-2-5-12(13)8-10-21-16/h2-7,9,15-16,19H,8,10-11H2,1H3. The number of nitrogens with zero attached hydrogens (tertiary/aromatic N) is 1. The molecule has 1 aromatic carbocycles. The Hall–Kier alpha value is -1.91. The second-order valence-electron chi connectivity index (χ2n) is 5.16. The molecule has 0 radical (unpaired) electrons. The van der Waals surface area contributed by atoms with Crippen LogP contribution >= 0.6 is 0 Å². The zero-order chi connectivity index (χ0) is 14.7. The summed E-state index contributed by atoms with van der Waals surface area (Å²) in [5.41, 5.74) is 3.18. The fourth-order valence-electron chi connectivity index (χ4n) is 2.83. The Balaban J connectivity index is 1.81. The van der Waals surface area contributed by atoms with E-state index in [1.54, 1.807) is 19.4 Å². The molecule has 110 valence electrons. The van der Waals surface area contributed by atoms with Gasteiger partial charge in [-0.25, -0.2) is 4.98 Å². The summed E-state index contributed by atoms with van der Waals surface area (Å²) in [6.45, 7) is 0.693. The molecule has 0 saturated carbocycles. The van der Waals surface area contributed by atoms with E-state index < -0.39 is 6.10 Å². The van der Waals surface area contributed by atoms with Crippen molar-refractivity contribution in [3.8, 4) is 5.88 Å². The lowest BCUT2D eigenvalue weighted by atomic mass is 9.93. The van der Waals surface area contributed by atoms with Crippen molar-refractivity contribution in [3.63, 3.8) is 0 Å². The van der Waals surface area contributed by atoms with Crippen LogP contribution in [0.5, 0.6) is 5.88 Å². The van der Waals surface area contributed by atoms with Crippen LogP contribution in [0.4, 0.5) is 0 Å². The van der Waals surface area contributed by atoms with Crippen molar-refractivity contribution in [1.82, 2.24) is 4.98 Å². The third-order valence-corrected chi connectivity index (χ3v) is 3.88. The number of pyridine rings is 1. The lowest BCUT2D eigenvalue weighted by Crippen LogP contribution is -2.18. The number of methoxy groups -OCH3 is 1. The highest BCUT2D eigenvalue weighted by molar-refractivity contribution is 5.32. The number of aliphatic hydroxyl groups excluding tert-OH is 1. The molecule has 0 bridgehead atoms. The van der Waals surface area contributed by atoms with Gasteiger partial charge in [-0.3, -0.25) is 0 Å². The summed E-state index contributed by atoms with van der Waals surface area (Å²) in [6.07, 6.45) is 2.33. The third kappa shape index (κ3) is 2.91. The molecular formula is C17H19NO3. The molecule has 2 unspecified atom stereocenters.